The van der Waals surface area contributed by atoms with Gasteiger partial charge >= 0.3 is 5.97 Å². The Balaban J connectivity index is 3.22. The van der Waals surface area contributed by atoms with E-state index in [0.717, 1.165) is 0 Å². The van der Waals surface area contributed by atoms with Crippen LogP contribution in [0.15, 0.2) is 12.1 Å². The fourth-order valence-corrected chi connectivity index (χ4v) is 1.68. The van der Waals surface area contributed by atoms with Crippen molar-refractivity contribution in [1.29, 1.82) is 5.26 Å². The first-order valence-electron chi connectivity index (χ1n) is 4.63. The standard InChI is InChI=1S/C11H10BrNO3/c1-2-16-11(15)9-3-8(6-13)7(5-12)4-10(9)14/h3-4,14H,2,5H2,1H3. The molecule has 0 spiro atoms. The van der Waals surface area contributed by atoms with Crippen molar-refractivity contribution in [3.8, 4) is 11.8 Å². The molecule has 0 radical (unpaired) electrons. The fraction of sp³-hybridized carbons (Fsp3) is 0.273. The Bertz CT molecular complexity index is 451. The summed E-state index contributed by atoms with van der Waals surface area (Å²) in [6, 6.07) is 4.69. The first kappa shape index (κ1) is 12.5. The van der Waals surface area contributed by atoms with Crippen molar-refractivity contribution in [1.82, 2.24) is 0 Å². The van der Waals surface area contributed by atoms with Gasteiger partial charge in [-0.2, -0.15) is 5.26 Å². The highest BCUT2D eigenvalue weighted by Crippen LogP contribution is 2.24. The van der Waals surface area contributed by atoms with Crippen molar-refractivity contribution in [3.63, 3.8) is 0 Å². The van der Waals surface area contributed by atoms with Crippen molar-refractivity contribution in [3.05, 3.63) is 28.8 Å². The van der Waals surface area contributed by atoms with Crippen molar-refractivity contribution in [2.75, 3.05) is 6.61 Å². The lowest BCUT2D eigenvalue weighted by Crippen LogP contribution is -2.06. The van der Waals surface area contributed by atoms with Gasteiger partial charge in [-0.1, -0.05) is 15.9 Å². The molecule has 1 N–H and O–H groups in total. The summed E-state index contributed by atoms with van der Waals surface area (Å²) >= 11 is 3.20. The van der Waals surface area contributed by atoms with E-state index in [-0.39, 0.29) is 17.9 Å². The molecule has 1 aromatic rings. The molecule has 1 aromatic carbocycles. The third-order valence-electron chi connectivity index (χ3n) is 1.98. The van der Waals surface area contributed by atoms with E-state index >= 15 is 0 Å². The van der Waals surface area contributed by atoms with Crippen molar-refractivity contribution >= 4 is 21.9 Å². The zero-order valence-corrected chi connectivity index (χ0v) is 10.2. The van der Waals surface area contributed by atoms with Gasteiger partial charge in [0.05, 0.1) is 18.2 Å². The van der Waals surface area contributed by atoms with Crippen LogP contribution in [0.25, 0.3) is 0 Å². The zero-order valence-electron chi connectivity index (χ0n) is 8.66. The highest BCUT2D eigenvalue weighted by atomic mass is 79.9. The average Bonchev–Trinajstić information content (AvgIpc) is 2.28. The molecule has 0 aromatic heterocycles. The van der Waals surface area contributed by atoms with Gasteiger partial charge in [-0.25, -0.2) is 4.79 Å². The molecule has 0 aliphatic rings. The lowest BCUT2D eigenvalue weighted by molar-refractivity contribution is 0.0523. The molecule has 0 amide bonds. The molecule has 0 unspecified atom stereocenters. The average molecular weight is 284 g/mol. The van der Waals surface area contributed by atoms with Gasteiger partial charge in [0, 0.05) is 5.33 Å². The molecule has 0 saturated carbocycles. The zero-order chi connectivity index (χ0) is 12.1. The van der Waals surface area contributed by atoms with Crippen LogP contribution >= 0.6 is 15.9 Å². The molecular weight excluding hydrogens is 274 g/mol. The molecule has 0 aliphatic carbocycles. The second-order valence-corrected chi connectivity index (χ2v) is 3.55. The van der Waals surface area contributed by atoms with Gasteiger partial charge in [0.2, 0.25) is 0 Å². The Labute approximate surface area is 102 Å². The first-order valence-corrected chi connectivity index (χ1v) is 5.75. The van der Waals surface area contributed by atoms with Crippen LogP contribution in [0, 0.1) is 11.3 Å². The van der Waals surface area contributed by atoms with Gasteiger partial charge < -0.3 is 9.84 Å². The predicted octanol–water partition coefficient (Wildman–Crippen LogP) is 2.34. The predicted molar refractivity (Wildman–Crippen MR) is 61.4 cm³/mol. The van der Waals surface area contributed by atoms with E-state index < -0.39 is 5.97 Å². The maximum atomic E-state index is 11.4. The van der Waals surface area contributed by atoms with Crippen LogP contribution in [0.3, 0.4) is 0 Å². The normalized spacial score (nSPS) is 9.56. The Hall–Kier alpha value is -1.54. The third-order valence-corrected chi connectivity index (χ3v) is 2.59. The quantitative estimate of drug-likeness (QED) is 0.683. The van der Waals surface area contributed by atoms with E-state index in [9.17, 15) is 9.90 Å². The number of esters is 1. The first-order chi connectivity index (χ1) is 7.63. The topological polar surface area (TPSA) is 70.3 Å². The maximum Gasteiger partial charge on any atom is 0.341 e. The molecule has 0 bridgehead atoms. The number of carbonyl (C=O) groups excluding carboxylic acids is 1. The lowest BCUT2D eigenvalue weighted by Gasteiger charge is -2.07. The van der Waals surface area contributed by atoms with Crippen molar-refractivity contribution in [2.24, 2.45) is 0 Å². The van der Waals surface area contributed by atoms with Gasteiger partial charge in [0.25, 0.3) is 0 Å². The SMILES string of the molecule is CCOC(=O)c1cc(C#N)c(CBr)cc1O. The van der Waals surface area contributed by atoms with Crippen LogP contribution in [-0.4, -0.2) is 17.7 Å². The molecule has 0 fully saturated rings. The Morgan fingerprint density at radius 2 is 2.31 bits per heavy atom. The molecule has 0 saturated heterocycles. The number of hydrogen-bond acceptors (Lipinski definition) is 4. The lowest BCUT2D eigenvalue weighted by atomic mass is 10.0. The minimum absolute atomic E-state index is 0.0168. The summed E-state index contributed by atoms with van der Waals surface area (Å²) in [6.07, 6.45) is 0. The third kappa shape index (κ3) is 2.52. The molecule has 0 atom stereocenters. The molecule has 1 rings (SSSR count). The van der Waals surface area contributed by atoms with Crippen molar-refractivity contribution < 1.29 is 14.6 Å². The number of nitrogens with zero attached hydrogens (tertiary/aromatic N) is 1. The van der Waals surface area contributed by atoms with Gasteiger partial charge in [-0.15, -0.1) is 0 Å². The summed E-state index contributed by atoms with van der Waals surface area (Å²) < 4.78 is 4.76. The minimum Gasteiger partial charge on any atom is -0.507 e. The van der Waals surface area contributed by atoms with Crippen LogP contribution in [0.1, 0.15) is 28.4 Å². The monoisotopic (exact) mass is 283 g/mol. The number of carbonyl (C=O) groups is 1. The van der Waals surface area contributed by atoms with Gasteiger partial charge in [-0.05, 0) is 24.6 Å². The summed E-state index contributed by atoms with van der Waals surface area (Å²) in [7, 11) is 0. The number of alkyl halides is 1. The maximum absolute atomic E-state index is 11.4. The molecule has 0 aliphatic heterocycles. The number of aromatic hydroxyl groups is 1. The number of nitriles is 1. The number of rotatable bonds is 3. The summed E-state index contributed by atoms with van der Waals surface area (Å²) in [5.41, 5.74) is 0.994. The Kier molecular flexibility index (Phi) is 4.32. The van der Waals surface area contributed by atoms with E-state index in [4.69, 9.17) is 10.00 Å². The highest BCUT2D eigenvalue weighted by molar-refractivity contribution is 9.08. The summed E-state index contributed by atoms with van der Waals surface area (Å²) in [6.45, 7) is 1.90. The molecular formula is C11H10BrNO3. The number of phenolic OH excluding ortho intramolecular Hbond substituents is 1. The van der Waals surface area contributed by atoms with Crippen LogP contribution in [-0.2, 0) is 10.1 Å². The molecule has 16 heavy (non-hydrogen) atoms. The minimum atomic E-state index is -0.627. The second-order valence-electron chi connectivity index (χ2n) is 2.99. The molecule has 5 heteroatoms. The Morgan fingerprint density at radius 1 is 1.62 bits per heavy atom. The van der Waals surface area contributed by atoms with E-state index in [2.05, 4.69) is 15.9 Å². The van der Waals surface area contributed by atoms with Crippen LogP contribution < -0.4 is 0 Å². The number of hydrogen-bond donors (Lipinski definition) is 1. The summed E-state index contributed by atoms with van der Waals surface area (Å²) in [5, 5.41) is 18.9. The number of phenols is 1. The largest absolute Gasteiger partial charge is 0.507 e. The van der Waals surface area contributed by atoms with Crippen LogP contribution in [0.4, 0.5) is 0 Å². The smallest absolute Gasteiger partial charge is 0.341 e. The van der Waals surface area contributed by atoms with Crippen molar-refractivity contribution in [2.45, 2.75) is 12.3 Å². The highest BCUT2D eigenvalue weighted by Gasteiger charge is 2.15. The number of ether oxygens (including phenoxy) is 1. The second kappa shape index (κ2) is 5.52. The molecule has 84 valence electrons. The van der Waals surface area contributed by atoms with Crippen LogP contribution in [0.2, 0.25) is 0 Å². The summed E-state index contributed by atoms with van der Waals surface area (Å²) in [4.78, 5) is 11.4. The van der Waals surface area contributed by atoms with Gasteiger partial charge in [0.1, 0.15) is 11.3 Å². The van der Waals surface area contributed by atoms with E-state index in [1.807, 2.05) is 6.07 Å². The fourth-order valence-electron chi connectivity index (χ4n) is 1.22. The number of halogens is 1. The van der Waals surface area contributed by atoms with Gasteiger partial charge in [-0.3, -0.25) is 0 Å². The summed E-state index contributed by atoms with van der Waals surface area (Å²) in [5.74, 6) is -0.801. The molecule has 4 nitrogen and oxygen atoms in total. The van der Waals surface area contributed by atoms with E-state index in [1.54, 1.807) is 6.92 Å². The van der Waals surface area contributed by atoms with Gasteiger partial charge in [0.15, 0.2) is 0 Å². The number of benzene rings is 1. The molecule has 0 heterocycles. The van der Waals surface area contributed by atoms with Crippen LogP contribution in [0.5, 0.6) is 5.75 Å². The van der Waals surface area contributed by atoms with E-state index in [1.165, 1.54) is 12.1 Å². The van der Waals surface area contributed by atoms with E-state index in [0.29, 0.717) is 16.5 Å². The Morgan fingerprint density at radius 3 is 2.81 bits per heavy atom.